The summed E-state index contributed by atoms with van der Waals surface area (Å²) in [4.78, 5) is 12.8. The molecule has 0 bridgehead atoms. The fraction of sp³-hybridized carbons (Fsp3) is 0.0625. The highest BCUT2D eigenvalue weighted by molar-refractivity contribution is 9.10. The molecule has 110 valence electrons. The number of rotatable bonds is 4. The highest BCUT2D eigenvalue weighted by atomic mass is 79.9. The molecular formula is C16H13BrN4O. The van der Waals surface area contributed by atoms with Gasteiger partial charge in [0.05, 0.1) is 7.11 Å². The van der Waals surface area contributed by atoms with Crippen LogP contribution >= 0.6 is 15.9 Å². The zero-order chi connectivity index (χ0) is 15.4. The van der Waals surface area contributed by atoms with Crippen LogP contribution in [0.2, 0.25) is 0 Å². The number of halogens is 1. The number of ether oxygens (including phenoxy) is 1. The molecule has 0 aliphatic carbocycles. The maximum absolute atomic E-state index is 5.13. The van der Waals surface area contributed by atoms with E-state index < -0.39 is 0 Å². The van der Waals surface area contributed by atoms with Crippen LogP contribution in [-0.4, -0.2) is 22.1 Å². The van der Waals surface area contributed by atoms with Gasteiger partial charge in [0, 0.05) is 15.7 Å². The Hall–Kier alpha value is -2.47. The average molecular weight is 357 g/mol. The summed E-state index contributed by atoms with van der Waals surface area (Å²) in [6.45, 7) is 0. The maximum atomic E-state index is 5.13. The highest BCUT2D eigenvalue weighted by Gasteiger charge is 2.04. The van der Waals surface area contributed by atoms with Gasteiger partial charge in [0.25, 0.3) is 0 Å². The van der Waals surface area contributed by atoms with Crippen LogP contribution in [0.15, 0.2) is 59.3 Å². The van der Waals surface area contributed by atoms with Crippen LogP contribution in [-0.2, 0) is 0 Å². The molecule has 0 aliphatic rings. The quantitative estimate of drug-likeness (QED) is 0.763. The van der Waals surface area contributed by atoms with E-state index in [2.05, 4.69) is 36.2 Å². The lowest BCUT2D eigenvalue weighted by atomic mass is 10.2. The Balaban J connectivity index is 1.82. The minimum absolute atomic E-state index is 0.498. The van der Waals surface area contributed by atoms with E-state index in [1.54, 1.807) is 7.11 Å². The van der Waals surface area contributed by atoms with Crippen LogP contribution in [0.3, 0.4) is 0 Å². The Morgan fingerprint density at radius 3 is 2.36 bits per heavy atom. The topological polar surface area (TPSA) is 59.9 Å². The van der Waals surface area contributed by atoms with E-state index in [1.165, 1.54) is 6.33 Å². The second-order valence-electron chi connectivity index (χ2n) is 4.49. The van der Waals surface area contributed by atoms with Crippen molar-refractivity contribution in [3.8, 4) is 17.1 Å². The van der Waals surface area contributed by atoms with Crippen LogP contribution in [0.4, 0.5) is 11.6 Å². The van der Waals surface area contributed by atoms with E-state index >= 15 is 0 Å². The Morgan fingerprint density at radius 1 is 0.955 bits per heavy atom. The molecule has 3 rings (SSSR count). The van der Waals surface area contributed by atoms with Gasteiger partial charge in [-0.3, -0.25) is 0 Å². The SMILES string of the molecule is COc1ccc(Nc2ncnc(-c3ccc(Br)cc3)n2)cc1. The van der Waals surface area contributed by atoms with Gasteiger partial charge in [0.15, 0.2) is 5.82 Å². The van der Waals surface area contributed by atoms with E-state index in [0.29, 0.717) is 11.8 Å². The lowest BCUT2D eigenvalue weighted by molar-refractivity contribution is 0.415. The largest absolute Gasteiger partial charge is 0.497 e. The van der Waals surface area contributed by atoms with E-state index in [1.807, 2.05) is 48.5 Å². The average Bonchev–Trinajstić information content (AvgIpc) is 2.56. The predicted molar refractivity (Wildman–Crippen MR) is 89.2 cm³/mol. The summed E-state index contributed by atoms with van der Waals surface area (Å²) in [7, 11) is 1.64. The molecule has 0 fully saturated rings. The Labute approximate surface area is 136 Å². The lowest BCUT2D eigenvalue weighted by Crippen LogP contribution is -1.99. The number of methoxy groups -OCH3 is 1. The molecule has 1 N–H and O–H groups in total. The normalized spacial score (nSPS) is 10.3. The molecule has 0 atom stereocenters. The molecule has 0 saturated carbocycles. The Bertz CT molecular complexity index is 760. The summed E-state index contributed by atoms with van der Waals surface area (Å²) < 4.78 is 6.15. The maximum Gasteiger partial charge on any atom is 0.230 e. The molecule has 0 aliphatic heterocycles. The first-order valence-electron chi connectivity index (χ1n) is 6.60. The summed E-state index contributed by atoms with van der Waals surface area (Å²) in [5, 5.41) is 3.15. The third-order valence-corrected chi connectivity index (χ3v) is 3.55. The van der Waals surface area contributed by atoms with Gasteiger partial charge in [-0.25, -0.2) is 9.97 Å². The number of benzene rings is 2. The molecule has 22 heavy (non-hydrogen) atoms. The van der Waals surface area contributed by atoms with Gasteiger partial charge in [-0.05, 0) is 36.4 Å². The zero-order valence-corrected chi connectivity index (χ0v) is 13.4. The third-order valence-electron chi connectivity index (χ3n) is 3.02. The number of nitrogens with zero attached hydrogens (tertiary/aromatic N) is 3. The molecule has 0 unspecified atom stereocenters. The lowest BCUT2D eigenvalue weighted by Gasteiger charge is -2.07. The predicted octanol–water partition coefficient (Wildman–Crippen LogP) is 4.05. The number of aromatic nitrogens is 3. The van der Waals surface area contributed by atoms with Crippen LogP contribution in [0, 0.1) is 0 Å². The molecule has 5 nitrogen and oxygen atoms in total. The van der Waals surface area contributed by atoms with Gasteiger partial charge in [-0.15, -0.1) is 0 Å². The van der Waals surface area contributed by atoms with Crippen LogP contribution in [0.1, 0.15) is 0 Å². The molecule has 6 heteroatoms. The van der Waals surface area contributed by atoms with E-state index in [9.17, 15) is 0 Å². The molecule has 2 aromatic carbocycles. The summed E-state index contributed by atoms with van der Waals surface area (Å²) in [5.74, 6) is 1.92. The Morgan fingerprint density at radius 2 is 1.68 bits per heavy atom. The smallest absolute Gasteiger partial charge is 0.230 e. The molecule has 0 radical (unpaired) electrons. The third kappa shape index (κ3) is 3.40. The molecule has 1 aromatic heterocycles. The van der Waals surface area contributed by atoms with Gasteiger partial charge in [-0.2, -0.15) is 4.98 Å². The molecular weight excluding hydrogens is 344 g/mol. The van der Waals surface area contributed by atoms with E-state index in [0.717, 1.165) is 21.5 Å². The van der Waals surface area contributed by atoms with Crippen molar-refractivity contribution in [2.24, 2.45) is 0 Å². The minimum Gasteiger partial charge on any atom is -0.497 e. The van der Waals surface area contributed by atoms with Crippen LogP contribution in [0.5, 0.6) is 5.75 Å². The first-order chi connectivity index (χ1) is 10.7. The first kappa shape index (κ1) is 14.5. The van der Waals surface area contributed by atoms with Gasteiger partial charge >= 0.3 is 0 Å². The number of anilines is 2. The fourth-order valence-electron chi connectivity index (χ4n) is 1.90. The van der Waals surface area contributed by atoms with Gasteiger partial charge < -0.3 is 10.1 Å². The molecule has 0 amide bonds. The van der Waals surface area contributed by atoms with Crippen molar-refractivity contribution in [3.63, 3.8) is 0 Å². The summed E-state index contributed by atoms with van der Waals surface area (Å²) in [6.07, 6.45) is 1.50. The first-order valence-corrected chi connectivity index (χ1v) is 7.40. The van der Waals surface area contributed by atoms with Crippen molar-refractivity contribution in [3.05, 3.63) is 59.3 Å². The number of hydrogen-bond donors (Lipinski definition) is 1. The van der Waals surface area contributed by atoms with Gasteiger partial charge in [0.1, 0.15) is 12.1 Å². The standard InChI is InChI=1S/C16H13BrN4O/c1-22-14-8-6-13(7-9-14)20-16-19-10-18-15(21-16)11-2-4-12(17)5-3-11/h2-10H,1H3,(H,18,19,20,21). The highest BCUT2D eigenvalue weighted by Crippen LogP contribution is 2.21. The summed E-state index contributed by atoms with van der Waals surface area (Å²) in [6, 6.07) is 15.4. The second kappa shape index (κ2) is 6.53. The van der Waals surface area contributed by atoms with Crippen molar-refractivity contribution in [1.82, 2.24) is 15.0 Å². The summed E-state index contributed by atoms with van der Waals surface area (Å²) >= 11 is 3.41. The van der Waals surface area contributed by atoms with Crippen LogP contribution < -0.4 is 10.1 Å². The molecule has 0 saturated heterocycles. The molecule has 3 aromatic rings. The minimum atomic E-state index is 0.498. The van der Waals surface area contributed by atoms with Crippen molar-refractivity contribution in [1.29, 1.82) is 0 Å². The van der Waals surface area contributed by atoms with Gasteiger partial charge in [0.2, 0.25) is 5.95 Å². The van der Waals surface area contributed by atoms with Gasteiger partial charge in [-0.1, -0.05) is 28.1 Å². The zero-order valence-electron chi connectivity index (χ0n) is 11.8. The Kier molecular flexibility index (Phi) is 4.29. The van der Waals surface area contributed by atoms with Crippen molar-refractivity contribution in [2.45, 2.75) is 0 Å². The number of nitrogens with one attached hydrogen (secondary N) is 1. The van der Waals surface area contributed by atoms with Crippen molar-refractivity contribution >= 4 is 27.6 Å². The van der Waals surface area contributed by atoms with E-state index in [-0.39, 0.29) is 0 Å². The van der Waals surface area contributed by atoms with Crippen LogP contribution in [0.25, 0.3) is 11.4 Å². The van der Waals surface area contributed by atoms with Crippen molar-refractivity contribution in [2.75, 3.05) is 12.4 Å². The van der Waals surface area contributed by atoms with E-state index in [4.69, 9.17) is 4.74 Å². The molecule has 0 spiro atoms. The number of hydrogen-bond acceptors (Lipinski definition) is 5. The van der Waals surface area contributed by atoms with Crippen molar-refractivity contribution < 1.29 is 4.74 Å². The molecule has 1 heterocycles. The summed E-state index contributed by atoms with van der Waals surface area (Å²) in [5.41, 5.74) is 1.82. The second-order valence-corrected chi connectivity index (χ2v) is 5.41. The monoisotopic (exact) mass is 356 g/mol. The fourth-order valence-corrected chi connectivity index (χ4v) is 2.16.